The van der Waals surface area contributed by atoms with E-state index in [2.05, 4.69) is 4.98 Å². The molecule has 1 atom stereocenters. The molecular formula is C15H18N4O3S. The molecule has 3 heterocycles. The van der Waals surface area contributed by atoms with E-state index in [1.807, 2.05) is 11.0 Å². The first-order chi connectivity index (χ1) is 11.0. The Morgan fingerprint density at radius 2 is 2.00 bits per heavy atom. The number of hydrogen-bond donors (Lipinski definition) is 0. The molecule has 0 aromatic carbocycles. The van der Waals surface area contributed by atoms with E-state index in [0.29, 0.717) is 13.0 Å². The molecule has 7 nitrogen and oxygen atoms in total. The number of rotatable bonds is 3. The molecule has 0 bridgehead atoms. The summed E-state index contributed by atoms with van der Waals surface area (Å²) in [5.74, 6) is -0.209. The van der Waals surface area contributed by atoms with Gasteiger partial charge >= 0.3 is 0 Å². The lowest BCUT2D eigenvalue weighted by Gasteiger charge is -2.20. The van der Waals surface area contributed by atoms with Gasteiger partial charge in [0, 0.05) is 38.6 Å². The van der Waals surface area contributed by atoms with Gasteiger partial charge in [0.05, 0.1) is 11.5 Å². The fraction of sp³-hybridized carbons (Fsp3) is 0.533. The number of nitriles is 1. The van der Waals surface area contributed by atoms with Crippen molar-refractivity contribution in [1.29, 1.82) is 5.26 Å². The smallest absolute Gasteiger partial charge is 0.244 e. The van der Waals surface area contributed by atoms with Crippen molar-refractivity contribution in [2.24, 2.45) is 5.92 Å². The maximum absolute atomic E-state index is 12.6. The number of sulfonamides is 1. The van der Waals surface area contributed by atoms with Crippen molar-refractivity contribution in [2.45, 2.75) is 24.2 Å². The molecule has 1 unspecified atom stereocenters. The number of carbonyl (C=O) groups excluding carboxylic acids is 1. The summed E-state index contributed by atoms with van der Waals surface area (Å²) in [6.45, 7) is 2.07. The Morgan fingerprint density at radius 1 is 1.26 bits per heavy atom. The van der Waals surface area contributed by atoms with Crippen molar-refractivity contribution < 1.29 is 13.2 Å². The molecule has 0 radical (unpaired) electrons. The number of pyridine rings is 1. The maximum Gasteiger partial charge on any atom is 0.244 e. The summed E-state index contributed by atoms with van der Waals surface area (Å²) in [5.41, 5.74) is 0.204. The normalized spacial score (nSPS) is 22.2. The van der Waals surface area contributed by atoms with E-state index < -0.39 is 10.0 Å². The van der Waals surface area contributed by atoms with Crippen LogP contribution in [-0.2, 0) is 14.8 Å². The average molecular weight is 334 g/mol. The fourth-order valence-corrected chi connectivity index (χ4v) is 4.60. The van der Waals surface area contributed by atoms with Crippen molar-refractivity contribution in [3.05, 3.63) is 24.0 Å². The molecule has 122 valence electrons. The van der Waals surface area contributed by atoms with Crippen LogP contribution in [0.15, 0.2) is 23.4 Å². The van der Waals surface area contributed by atoms with Crippen molar-refractivity contribution >= 4 is 15.9 Å². The topological polar surface area (TPSA) is 94.4 Å². The van der Waals surface area contributed by atoms with Crippen LogP contribution in [0.3, 0.4) is 0 Å². The Hall–Kier alpha value is -1.98. The van der Waals surface area contributed by atoms with E-state index in [-0.39, 0.29) is 28.8 Å². The third kappa shape index (κ3) is 3.07. The Labute approximate surface area is 135 Å². The minimum Gasteiger partial charge on any atom is -0.342 e. The number of nitrogens with zero attached hydrogens (tertiary/aromatic N) is 4. The lowest BCUT2D eigenvalue weighted by atomic mass is 10.1. The van der Waals surface area contributed by atoms with Gasteiger partial charge in [0.2, 0.25) is 15.9 Å². The number of aromatic nitrogens is 1. The van der Waals surface area contributed by atoms with Crippen LogP contribution in [0.2, 0.25) is 0 Å². The summed E-state index contributed by atoms with van der Waals surface area (Å²) in [6.07, 6.45) is 5.15. The van der Waals surface area contributed by atoms with Gasteiger partial charge in [-0.2, -0.15) is 9.57 Å². The second kappa shape index (κ2) is 6.26. The quantitative estimate of drug-likeness (QED) is 0.806. The highest BCUT2D eigenvalue weighted by molar-refractivity contribution is 7.89. The standard InChI is InChI=1S/C15H18N4O3S/c16-8-12-7-14(10-17-9-12)23(21,22)19-6-3-13(11-19)15(20)18-4-1-2-5-18/h7,9-10,13H,1-6,11H2. The van der Waals surface area contributed by atoms with Crippen LogP contribution in [0, 0.1) is 17.2 Å². The average Bonchev–Trinajstić information content (AvgIpc) is 3.26. The van der Waals surface area contributed by atoms with Crippen LogP contribution in [0.1, 0.15) is 24.8 Å². The van der Waals surface area contributed by atoms with Crippen LogP contribution in [0.5, 0.6) is 0 Å². The number of likely N-dealkylation sites (tertiary alicyclic amines) is 1. The molecule has 2 saturated heterocycles. The molecule has 0 saturated carbocycles. The first kappa shape index (κ1) is 15.9. The van der Waals surface area contributed by atoms with Gasteiger partial charge < -0.3 is 4.90 Å². The second-order valence-electron chi connectivity index (χ2n) is 5.90. The summed E-state index contributed by atoms with van der Waals surface area (Å²) < 4.78 is 26.6. The molecule has 0 N–H and O–H groups in total. The number of hydrogen-bond acceptors (Lipinski definition) is 5. The summed E-state index contributed by atoms with van der Waals surface area (Å²) in [5, 5.41) is 8.88. The molecule has 1 amide bonds. The van der Waals surface area contributed by atoms with E-state index >= 15 is 0 Å². The first-order valence-corrected chi connectivity index (χ1v) is 9.10. The van der Waals surface area contributed by atoms with Gasteiger partial charge in [0.1, 0.15) is 11.0 Å². The Kier molecular flexibility index (Phi) is 4.33. The van der Waals surface area contributed by atoms with E-state index in [9.17, 15) is 13.2 Å². The van der Waals surface area contributed by atoms with E-state index in [1.165, 1.54) is 22.8 Å². The zero-order valence-electron chi connectivity index (χ0n) is 12.7. The minimum absolute atomic E-state index is 0.00539. The predicted octanol–water partition coefficient (Wildman–Crippen LogP) is 0.586. The summed E-state index contributed by atoms with van der Waals surface area (Å²) in [6, 6.07) is 3.21. The van der Waals surface area contributed by atoms with Crippen LogP contribution < -0.4 is 0 Å². The third-order valence-electron chi connectivity index (χ3n) is 4.40. The van der Waals surface area contributed by atoms with Gasteiger partial charge in [-0.3, -0.25) is 9.78 Å². The molecule has 2 aliphatic rings. The SMILES string of the molecule is N#Cc1cncc(S(=O)(=O)N2CCC(C(=O)N3CCCC3)C2)c1. The number of carbonyl (C=O) groups is 1. The monoisotopic (exact) mass is 334 g/mol. The van der Waals surface area contributed by atoms with Crippen molar-refractivity contribution in [3.63, 3.8) is 0 Å². The Morgan fingerprint density at radius 3 is 2.70 bits per heavy atom. The van der Waals surface area contributed by atoms with Crippen LogP contribution in [0.4, 0.5) is 0 Å². The first-order valence-electron chi connectivity index (χ1n) is 7.66. The van der Waals surface area contributed by atoms with Crippen molar-refractivity contribution in [3.8, 4) is 6.07 Å². The maximum atomic E-state index is 12.6. The molecule has 8 heteroatoms. The van der Waals surface area contributed by atoms with Crippen molar-refractivity contribution in [1.82, 2.24) is 14.2 Å². The molecule has 0 spiro atoms. The molecule has 3 rings (SSSR count). The van der Waals surface area contributed by atoms with E-state index in [4.69, 9.17) is 5.26 Å². The second-order valence-corrected chi connectivity index (χ2v) is 7.84. The highest BCUT2D eigenvalue weighted by Crippen LogP contribution is 2.26. The van der Waals surface area contributed by atoms with Gasteiger partial charge in [-0.05, 0) is 25.3 Å². The van der Waals surface area contributed by atoms with Gasteiger partial charge in [0.15, 0.2) is 0 Å². The summed E-state index contributed by atoms with van der Waals surface area (Å²) in [4.78, 5) is 18.1. The molecule has 23 heavy (non-hydrogen) atoms. The van der Waals surface area contributed by atoms with E-state index in [0.717, 1.165) is 25.9 Å². The van der Waals surface area contributed by atoms with Gasteiger partial charge in [-0.1, -0.05) is 0 Å². The van der Waals surface area contributed by atoms with Crippen LogP contribution in [-0.4, -0.2) is 54.7 Å². The molecule has 1 aromatic rings. The Bertz CT molecular complexity index is 750. The zero-order chi connectivity index (χ0) is 16.4. The molecule has 1 aromatic heterocycles. The van der Waals surface area contributed by atoms with Gasteiger partial charge in [-0.25, -0.2) is 8.42 Å². The summed E-state index contributed by atoms with van der Waals surface area (Å²) in [7, 11) is -3.71. The highest BCUT2D eigenvalue weighted by atomic mass is 32.2. The highest BCUT2D eigenvalue weighted by Gasteiger charge is 2.38. The summed E-state index contributed by atoms with van der Waals surface area (Å²) >= 11 is 0. The fourth-order valence-electron chi connectivity index (χ4n) is 3.11. The van der Waals surface area contributed by atoms with E-state index in [1.54, 1.807) is 0 Å². The number of amides is 1. The minimum atomic E-state index is -3.71. The molecule has 2 fully saturated rings. The van der Waals surface area contributed by atoms with Crippen LogP contribution >= 0.6 is 0 Å². The largest absolute Gasteiger partial charge is 0.342 e. The lowest BCUT2D eigenvalue weighted by Crippen LogP contribution is -2.36. The molecule has 0 aliphatic carbocycles. The Balaban J connectivity index is 1.74. The van der Waals surface area contributed by atoms with Crippen LogP contribution in [0.25, 0.3) is 0 Å². The van der Waals surface area contributed by atoms with Gasteiger partial charge in [-0.15, -0.1) is 0 Å². The zero-order valence-corrected chi connectivity index (χ0v) is 13.5. The predicted molar refractivity (Wildman–Crippen MR) is 81.6 cm³/mol. The van der Waals surface area contributed by atoms with Crippen molar-refractivity contribution in [2.75, 3.05) is 26.2 Å². The lowest BCUT2D eigenvalue weighted by molar-refractivity contribution is -0.133. The van der Waals surface area contributed by atoms with Gasteiger partial charge in [0.25, 0.3) is 0 Å². The molecular weight excluding hydrogens is 316 g/mol. The molecule has 2 aliphatic heterocycles. The third-order valence-corrected chi connectivity index (χ3v) is 6.23.